The van der Waals surface area contributed by atoms with Crippen LogP contribution in [-0.2, 0) is 11.3 Å². The summed E-state index contributed by atoms with van der Waals surface area (Å²) < 4.78 is 14.3. The van der Waals surface area contributed by atoms with Crippen molar-refractivity contribution in [3.05, 3.63) is 76.0 Å². The van der Waals surface area contributed by atoms with Gasteiger partial charge in [0, 0.05) is 32.9 Å². The molecular weight excluding hydrogens is 407 g/mol. The number of amides is 1. The Labute approximate surface area is 186 Å². The molecule has 2 aliphatic rings. The highest BCUT2D eigenvalue weighted by Gasteiger charge is 2.19. The Morgan fingerprint density at radius 1 is 1.34 bits per heavy atom. The Kier molecular flexibility index (Phi) is 6.30. The van der Waals surface area contributed by atoms with E-state index >= 15 is 0 Å². The maximum Gasteiger partial charge on any atom is 0.253 e. The lowest BCUT2D eigenvalue weighted by Crippen LogP contribution is -2.28. The second-order valence-corrected chi connectivity index (χ2v) is 7.89. The monoisotopic (exact) mass is 432 g/mol. The number of allylic oxidation sites excluding steroid dienone is 1. The smallest absolute Gasteiger partial charge is 0.253 e. The van der Waals surface area contributed by atoms with Crippen molar-refractivity contribution in [1.29, 1.82) is 0 Å². The third-order valence-electron chi connectivity index (χ3n) is 5.86. The van der Waals surface area contributed by atoms with Crippen molar-refractivity contribution in [2.24, 2.45) is 0 Å². The average Bonchev–Trinajstić information content (AvgIpc) is 2.83. The van der Waals surface area contributed by atoms with Crippen LogP contribution < -0.4 is 10.6 Å². The van der Waals surface area contributed by atoms with Crippen LogP contribution >= 0.6 is 0 Å². The normalized spacial score (nSPS) is 15.8. The number of carbonyl (C=O) groups is 1. The Balaban J connectivity index is 1.44. The number of pyridine rings is 1. The molecule has 3 heterocycles. The highest BCUT2D eigenvalue weighted by Crippen LogP contribution is 2.30. The lowest BCUT2D eigenvalue weighted by atomic mass is 9.97. The molecule has 4 rings (SSSR count). The molecular formula is C25H25FN4O2. The summed E-state index contributed by atoms with van der Waals surface area (Å²) in [5.41, 5.74) is 6.00. The molecule has 0 fully saturated rings. The van der Waals surface area contributed by atoms with Crippen molar-refractivity contribution in [3.63, 3.8) is 0 Å². The summed E-state index contributed by atoms with van der Waals surface area (Å²) in [4.78, 5) is 29.8. The van der Waals surface area contributed by atoms with E-state index in [-0.39, 0.29) is 5.56 Å². The molecule has 7 heteroatoms. The molecule has 0 radical (unpaired) electrons. The van der Waals surface area contributed by atoms with E-state index in [1.807, 2.05) is 31.2 Å². The zero-order valence-corrected chi connectivity index (χ0v) is 18.2. The first kappa shape index (κ1) is 21.7. The van der Waals surface area contributed by atoms with Crippen LogP contribution in [0, 0.1) is 5.82 Å². The molecule has 2 N–H and O–H groups in total. The Bertz CT molecular complexity index is 1180. The largest absolute Gasteiger partial charge is 0.355 e. The van der Waals surface area contributed by atoms with Crippen LogP contribution in [0.1, 0.15) is 46.9 Å². The summed E-state index contributed by atoms with van der Waals surface area (Å²) in [5, 5.41) is 5.59. The highest BCUT2D eigenvalue weighted by atomic mass is 19.1. The van der Waals surface area contributed by atoms with E-state index in [2.05, 4.69) is 26.6 Å². The first-order chi connectivity index (χ1) is 15.5. The number of hydrogen-bond donors (Lipinski definition) is 2. The second-order valence-electron chi connectivity index (χ2n) is 7.89. The molecule has 164 valence electrons. The number of benzene rings is 1. The van der Waals surface area contributed by atoms with Gasteiger partial charge in [-0.3, -0.25) is 14.7 Å². The zero-order valence-electron chi connectivity index (χ0n) is 18.2. The third-order valence-corrected chi connectivity index (χ3v) is 5.86. The molecule has 2 aromatic rings. The minimum Gasteiger partial charge on any atom is -0.355 e. The van der Waals surface area contributed by atoms with Gasteiger partial charge >= 0.3 is 0 Å². The van der Waals surface area contributed by atoms with E-state index < -0.39 is 11.7 Å². The second kappa shape index (κ2) is 9.30. The predicted octanol–water partition coefficient (Wildman–Crippen LogP) is 3.80. The van der Waals surface area contributed by atoms with Gasteiger partial charge in [0.1, 0.15) is 11.5 Å². The zero-order chi connectivity index (χ0) is 22.7. The van der Waals surface area contributed by atoms with Crippen LogP contribution in [0.15, 0.2) is 47.8 Å². The number of halogens is 1. The molecule has 0 saturated heterocycles. The molecule has 0 bridgehead atoms. The van der Waals surface area contributed by atoms with Gasteiger partial charge in [0.2, 0.25) is 0 Å². The van der Waals surface area contributed by atoms with Crippen molar-refractivity contribution >= 4 is 29.2 Å². The SMILES string of the molecule is CCC1=Cc2ncc(CN3CC=C(c4ccc(C(=O)NC)c(F)c4)CC3)cc2NC1=C=O. The van der Waals surface area contributed by atoms with Crippen LogP contribution in [0.5, 0.6) is 0 Å². The number of aromatic nitrogens is 1. The fourth-order valence-electron chi connectivity index (χ4n) is 4.05. The fourth-order valence-corrected chi connectivity index (χ4v) is 4.05. The standard InChI is InChI=1S/C25H25FN4O2/c1-3-17-12-22-23(29-24(17)15-31)10-16(13-28-22)14-30-8-6-18(7-9-30)19-4-5-20(21(26)11-19)25(32)27-2/h4-6,10-13,29H,3,7-9,14H2,1-2H3,(H,27,32). The molecule has 0 unspecified atom stereocenters. The number of carbonyl (C=O) groups excluding carboxylic acids is 2. The van der Waals surface area contributed by atoms with Gasteiger partial charge < -0.3 is 10.6 Å². The Hall–Kier alpha value is -3.54. The summed E-state index contributed by atoms with van der Waals surface area (Å²) in [7, 11) is 1.49. The number of anilines is 1. The summed E-state index contributed by atoms with van der Waals surface area (Å²) in [6.07, 6.45) is 7.43. The molecule has 0 atom stereocenters. The lowest BCUT2D eigenvalue weighted by molar-refractivity contribution is 0.0959. The summed E-state index contributed by atoms with van der Waals surface area (Å²) in [6.45, 7) is 4.28. The van der Waals surface area contributed by atoms with Crippen molar-refractivity contribution < 1.29 is 14.0 Å². The summed E-state index contributed by atoms with van der Waals surface area (Å²) in [6, 6.07) is 6.78. The quantitative estimate of drug-likeness (QED) is 0.703. The van der Waals surface area contributed by atoms with Gasteiger partial charge in [-0.15, -0.1) is 0 Å². The summed E-state index contributed by atoms with van der Waals surface area (Å²) >= 11 is 0. The van der Waals surface area contributed by atoms with E-state index in [9.17, 15) is 14.0 Å². The molecule has 0 spiro atoms. The number of rotatable bonds is 5. The van der Waals surface area contributed by atoms with Gasteiger partial charge in [-0.25, -0.2) is 9.18 Å². The van der Waals surface area contributed by atoms with Crippen molar-refractivity contribution in [1.82, 2.24) is 15.2 Å². The van der Waals surface area contributed by atoms with Crippen LogP contribution in [0.25, 0.3) is 11.6 Å². The van der Waals surface area contributed by atoms with Gasteiger partial charge in [0.05, 0.1) is 16.9 Å². The van der Waals surface area contributed by atoms with Gasteiger partial charge in [0.15, 0.2) is 5.94 Å². The Morgan fingerprint density at radius 3 is 2.84 bits per heavy atom. The van der Waals surface area contributed by atoms with Gasteiger partial charge in [-0.1, -0.05) is 19.1 Å². The average molecular weight is 432 g/mol. The van der Waals surface area contributed by atoms with E-state index in [1.165, 1.54) is 19.2 Å². The van der Waals surface area contributed by atoms with E-state index in [0.29, 0.717) is 5.70 Å². The van der Waals surface area contributed by atoms with Crippen LogP contribution in [-0.4, -0.2) is 41.9 Å². The lowest BCUT2D eigenvalue weighted by Gasteiger charge is -2.27. The van der Waals surface area contributed by atoms with Crippen LogP contribution in [0.3, 0.4) is 0 Å². The van der Waals surface area contributed by atoms with E-state index in [0.717, 1.165) is 66.1 Å². The van der Waals surface area contributed by atoms with E-state index in [1.54, 1.807) is 6.07 Å². The molecule has 1 aromatic heterocycles. The maximum atomic E-state index is 14.3. The molecule has 1 amide bonds. The number of fused-ring (bicyclic) bond motifs is 1. The minimum atomic E-state index is -0.512. The van der Waals surface area contributed by atoms with Gasteiger partial charge in [0.25, 0.3) is 5.91 Å². The first-order valence-corrected chi connectivity index (χ1v) is 10.7. The van der Waals surface area contributed by atoms with Crippen molar-refractivity contribution in [2.45, 2.75) is 26.3 Å². The molecule has 0 saturated carbocycles. The topological polar surface area (TPSA) is 74.3 Å². The number of hydrogen-bond acceptors (Lipinski definition) is 5. The molecule has 2 aliphatic heterocycles. The molecule has 1 aromatic carbocycles. The maximum absolute atomic E-state index is 14.3. The number of nitrogens with zero attached hydrogens (tertiary/aromatic N) is 2. The third kappa shape index (κ3) is 4.40. The highest BCUT2D eigenvalue weighted by molar-refractivity contribution is 5.94. The minimum absolute atomic E-state index is 0.0521. The van der Waals surface area contributed by atoms with E-state index in [4.69, 9.17) is 0 Å². The van der Waals surface area contributed by atoms with Gasteiger partial charge in [-0.2, -0.15) is 0 Å². The molecule has 0 aliphatic carbocycles. The van der Waals surface area contributed by atoms with Crippen molar-refractivity contribution in [2.75, 3.05) is 25.5 Å². The van der Waals surface area contributed by atoms with Crippen LogP contribution in [0.2, 0.25) is 0 Å². The molecule has 6 nitrogen and oxygen atoms in total. The molecule has 32 heavy (non-hydrogen) atoms. The van der Waals surface area contributed by atoms with Gasteiger partial charge in [-0.05, 0) is 59.4 Å². The number of nitrogens with one attached hydrogen (secondary N) is 2. The first-order valence-electron chi connectivity index (χ1n) is 10.7. The Morgan fingerprint density at radius 2 is 2.19 bits per heavy atom. The van der Waals surface area contributed by atoms with Crippen LogP contribution in [0.4, 0.5) is 10.1 Å². The predicted molar refractivity (Wildman–Crippen MR) is 123 cm³/mol. The van der Waals surface area contributed by atoms with Crippen molar-refractivity contribution in [3.8, 4) is 0 Å². The fraction of sp³-hybridized carbons (Fsp3) is 0.280. The summed E-state index contributed by atoms with van der Waals surface area (Å²) in [5.74, 6) is 1.04.